The van der Waals surface area contributed by atoms with Gasteiger partial charge in [0, 0.05) is 6.42 Å². The van der Waals surface area contributed by atoms with E-state index >= 15 is 0 Å². The van der Waals surface area contributed by atoms with Gasteiger partial charge in [0.2, 0.25) is 5.60 Å². The lowest BCUT2D eigenvalue weighted by molar-refractivity contribution is -0.117. The molecule has 0 unspecified atom stereocenters. The Hall–Kier alpha value is -0.570. The molecule has 1 aliphatic heterocycles. The maximum absolute atomic E-state index is 10.9. The highest BCUT2D eigenvalue weighted by atomic mass is 16.7. The molecule has 1 fully saturated rings. The van der Waals surface area contributed by atoms with E-state index in [2.05, 4.69) is 6.92 Å². The number of aliphatic hydroxyl groups is 1. The highest BCUT2D eigenvalue weighted by molar-refractivity contribution is 5.92. The third-order valence-electron chi connectivity index (χ3n) is 3.06. The molecule has 1 aliphatic rings. The summed E-state index contributed by atoms with van der Waals surface area (Å²) in [6.07, 6.45) is 9.25. The number of rotatable bonds is 9. The van der Waals surface area contributed by atoms with Crippen molar-refractivity contribution in [3.8, 4) is 0 Å². The predicted molar refractivity (Wildman–Crippen MR) is 58.5 cm³/mol. The van der Waals surface area contributed by atoms with Gasteiger partial charge in [-0.15, -0.1) is 0 Å². The first kappa shape index (κ1) is 12.5. The van der Waals surface area contributed by atoms with Crippen molar-refractivity contribution in [2.45, 2.75) is 63.9 Å². The summed E-state index contributed by atoms with van der Waals surface area (Å²) in [4.78, 5) is 10.9. The first-order chi connectivity index (χ1) is 7.25. The van der Waals surface area contributed by atoms with Gasteiger partial charge in [-0.25, -0.2) is 4.79 Å². The Morgan fingerprint density at radius 3 is 2.13 bits per heavy atom. The minimum Gasteiger partial charge on any atom is -0.441 e. The van der Waals surface area contributed by atoms with E-state index in [4.69, 9.17) is 9.84 Å². The van der Waals surface area contributed by atoms with Crippen LogP contribution in [0.1, 0.15) is 58.3 Å². The summed E-state index contributed by atoms with van der Waals surface area (Å²) in [5, 5.41) is 8.95. The zero-order valence-corrected chi connectivity index (χ0v) is 9.63. The molecule has 0 saturated carbocycles. The Bertz CT molecular complexity index is 203. The van der Waals surface area contributed by atoms with Crippen LogP contribution >= 0.6 is 0 Å². The van der Waals surface area contributed by atoms with Crippen LogP contribution in [0.5, 0.6) is 0 Å². The van der Waals surface area contributed by atoms with Gasteiger partial charge < -0.3 is 9.84 Å². The van der Waals surface area contributed by atoms with Crippen molar-refractivity contribution in [3.63, 3.8) is 0 Å². The zero-order valence-electron chi connectivity index (χ0n) is 9.63. The highest BCUT2D eigenvalue weighted by Gasteiger charge is 2.56. The Labute approximate surface area is 91.8 Å². The number of carbonyl (C=O) groups excluding carboxylic acids is 1. The molecule has 15 heavy (non-hydrogen) atoms. The van der Waals surface area contributed by atoms with Gasteiger partial charge in [0.05, 0.1) is 6.61 Å². The summed E-state index contributed by atoms with van der Waals surface area (Å²) in [7, 11) is 0. The highest BCUT2D eigenvalue weighted by Crippen LogP contribution is 2.34. The van der Waals surface area contributed by atoms with Crippen LogP contribution < -0.4 is 0 Å². The summed E-state index contributed by atoms with van der Waals surface area (Å²) < 4.78 is 4.81. The Morgan fingerprint density at radius 1 is 1.13 bits per heavy atom. The molecule has 1 atom stereocenters. The van der Waals surface area contributed by atoms with Crippen LogP contribution in [0.4, 0.5) is 0 Å². The Morgan fingerprint density at radius 2 is 1.67 bits per heavy atom. The Balaban J connectivity index is 1.91. The van der Waals surface area contributed by atoms with Gasteiger partial charge in [-0.2, -0.15) is 0 Å². The molecule has 1 saturated heterocycles. The predicted octanol–water partition coefficient (Wildman–Crippen LogP) is 2.42. The van der Waals surface area contributed by atoms with Gasteiger partial charge in [-0.05, 0) is 6.42 Å². The molecule has 1 rings (SSSR count). The number of aliphatic hydroxyl groups excluding tert-OH is 1. The first-order valence-corrected chi connectivity index (χ1v) is 6.09. The lowest BCUT2D eigenvalue weighted by atomic mass is 10.0. The number of ether oxygens (including phenoxy) is 1. The van der Waals surface area contributed by atoms with Gasteiger partial charge in [0.25, 0.3) is 0 Å². The lowest BCUT2D eigenvalue weighted by Crippen LogP contribution is -2.18. The van der Waals surface area contributed by atoms with Crippen LogP contribution in [0.2, 0.25) is 0 Å². The lowest BCUT2D eigenvalue weighted by Gasteiger charge is -2.04. The number of carbonyl (C=O) groups is 1. The molecule has 0 aliphatic carbocycles. The molecule has 0 amide bonds. The topological polar surface area (TPSA) is 49.8 Å². The quantitative estimate of drug-likeness (QED) is 0.473. The third kappa shape index (κ3) is 3.82. The molecular weight excluding hydrogens is 192 g/mol. The van der Waals surface area contributed by atoms with Gasteiger partial charge in [0.15, 0.2) is 0 Å². The van der Waals surface area contributed by atoms with E-state index < -0.39 is 5.60 Å². The molecule has 0 aromatic carbocycles. The van der Waals surface area contributed by atoms with Gasteiger partial charge in [0.1, 0.15) is 0 Å². The standard InChI is InChI=1S/C12H22O3/c1-2-3-4-5-6-7-8-9-12(10-13)11(14)15-12/h13H,2-10H2,1H3/t12-/m1/s1. The van der Waals surface area contributed by atoms with Crippen molar-refractivity contribution in [2.75, 3.05) is 6.61 Å². The minimum atomic E-state index is -0.788. The number of unbranched alkanes of at least 4 members (excludes halogenated alkanes) is 6. The van der Waals surface area contributed by atoms with E-state index in [1.807, 2.05) is 0 Å². The van der Waals surface area contributed by atoms with Gasteiger partial charge >= 0.3 is 5.97 Å². The van der Waals surface area contributed by atoms with Crippen LogP contribution in [-0.4, -0.2) is 23.3 Å². The molecule has 0 bridgehead atoms. The van der Waals surface area contributed by atoms with Crippen molar-refractivity contribution in [3.05, 3.63) is 0 Å². The van der Waals surface area contributed by atoms with Crippen molar-refractivity contribution >= 4 is 5.97 Å². The SMILES string of the molecule is CCCCCCCCC[C@]1(CO)OC1=O. The maximum atomic E-state index is 10.9. The number of cyclic esters (lactones) is 1. The summed E-state index contributed by atoms with van der Waals surface area (Å²) in [5.41, 5.74) is -0.788. The van der Waals surface area contributed by atoms with Crippen LogP contribution in [0.3, 0.4) is 0 Å². The van der Waals surface area contributed by atoms with Crippen molar-refractivity contribution in [1.29, 1.82) is 0 Å². The summed E-state index contributed by atoms with van der Waals surface area (Å²) in [5.74, 6) is -0.226. The molecule has 0 spiro atoms. The minimum absolute atomic E-state index is 0.151. The number of epoxide rings is 1. The molecule has 88 valence electrons. The van der Waals surface area contributed by atoms with Gasteiger partial charge in [-0.1, -0.05) is 45.4 Å². The fourth-order valence-electron chi connectivity index (χ4n) is 1.85. The van der Waals surface area contributed by atoms with Crippen molar-refractivity contribution in [2.24, 2.45) is 0 Å². The smallest absolute Gasteiger partial charge is 0.354 e. The molecule has 0 radical (unpaired) electrons. The van der Waals surface area contributed by atoms with Crippen molar-refractivity contribution < 1.29 is 14.6 Å². The second-order valence-electron chi connectivity index (χ2n) is 4.41. The molecule has 3 heteroatoms. The molecule has 3 nitrogen and oxygen atoms in total. The van der Waals surface area contributed by atoms with E-state index in [0.29, 0.717) is 6.42 Å². The average molecular weight is 214 g/mol. The van der Waals surface area contributed by atoms with E-state index in [1.165, 1.54) is 32.1 Å². The first-order valence-electron chi connectivity index (χ1n) is 6.09. The van der Waals surface area contributed by atoms with Crippen LogP contribution in [-0.2, 0) is 9.53 Å². The van der Waals surface area contributed by atoms with Gasteiger partial charge in [-0.3, -0.25) is 0 Å². The molecule has 1 N–H and O–H groups in total. The summed E-state index contributed by atoms with van der Waals surface area (Å²) in [6.45, 7) is 2.06. The Kier molecular flexibility index (Phi) is 5.09. The van der Waals surface area contributed by atoms with E-state index in [9.17, 15) is 4.79 Å². The number of hydrogen-bond acceptors (Lipinski definition) is 3. The van der Waals surface area contributed by atoms with Crippen LogP contribution in [0.15, 0.2) is 0 Å². The van der Waals surface area contributed by atoms with Crippen LogP contribution in [0, 0.1) is 0 Å². The van der Waals surface area contributed by atoms with Crippen molar-refractivity contribution in [1.82, 2.24) is 0 Å². The monoisotopic (exact) mass is 214 g/mol. The molecular formula is C12H22O3. The molecule has 0 aromatic rings. The maximum Gasteiger partial charge on any atom is 0.354 e. The van der Waals surface area contributed by atoms with E-state index in [-0.39, 0.29) is 12.6 Å². The summed E-state index contributed by atoms with van der Waals surface area (Å²) >= 11 is 0. The third-order valence-corrected chi connectivity index (χ3v) is 3.06. The van der Waals surface area contributed by atoms with Crippen LogP contribution in [0.25, 0.3) is 0 Å². The fourth-order valence-corrected chi connectivity index (χ4v) is 1.85. The molecule has 1 heterocycles. The zero-order chi connectivity index (χ0) is 11.1. The molecule has 0 aromatic heterocycles. The van der Waals surface area contributed by atoms with E-state index in [0.717, 1.165) is 12.8 Å². The second-order valence-corrected chi connectivity index (χ2v) is 4.41. The second kappa shape index (κ2) is 6.11. The van der Waals surface area contributed by atoms with E-state index in [1.54, 1.807) is 0 Å². The number of hydrogen-bond donors (Lipinski definition) is 1. The summed E-state index contributed by atoms with van der Waals surface area (Å²) in [6, 6.07) is 0. The average Bonchev–Trinajstić information content (AvgIpc) is 2.89. The normalized spacial score (nSPS) is 24.0. The largest absolute Gasteiger partial charge is 0.441 e. The fraction of sp³-hybridized carbons (Fsp3) is 0.917.